The zero-order valence-electron chi connectivity index (χ0n) is 11.9. The number of nitrogens with one attached hydrogen (secondary N) is 1. The van der Waals surface area contributed by atoms with Crippen LogP contribution in [-0.2, 0) is 13.6 Å². The van der Waals surface area contributed by atoms with Crippen molar-refractivity contribution >= 4 is 22.8 Å². The summed E-state index contributed by atoms with van der Waals surface area (Å²) in [6.45, 7) is 6.16. The van der Waals surface area contributed by atoms with Gasteiger partial charge in [-0.2, -0.15) is 5.10 Å². The summed E-state index contributed by atoms with van der Waals surface area (Å²) >= 11 is 1.53. The van der Waals surface area contributed by atoms with Crippen LogP contribution in [0.5, 0.6) is 0 Å². The summed E-state index contributed by atoms with van der Waals surface area (Å²) < 4.78 is 1.52. The standard InChI is InChI=1S/C12H17N5O2S/c1-7(2)10-11(17(18)19)12(16(4)15-10)13-5-9-14-8(3)6-20-9/h6-7,13H,5H2,1-4H3. The van der Waals surface area contributed by atoms with Gasteiger partial charge in [0.1, 0.15) is 10.7 Å². The Bertz CT molecular complexity index is 632. The lowest BCUT2D eigenvalue weighted by Gasteiger charge is -2.04. The summed E-state index contributed by atoms with van der Waals surface area (Å²) in [6.07, 6.45) is 0. The van der Waals surface area contributed by atoms with Gasteiger partial charge in [-0.1, -0.05) is 13.8 Å². The lowest BCUT2D eigenvalue weighted by molar-refractivity contribution is -0.384. The first-order valence-corrected chi connectivity index (χ1v) is 7.14. The number of hydrogen-bond donors (Lipinski definition) is 1. The molecule has 2 aromatic rings. The summed E-state index contributed by atoms with van der Waals surface area (Å²) in [6, 6.07) is 0. The molecule has 0 aliphatic rings. The Morgan fingerprint density at radius 3 is 2.75 bits per heavy atom. The molecular formula is C12H17N5O2S. The van der Waals surface area contributed by atoms with E-state index in [4.69, 9.17) is 0 Å². The molecule has 0 atom stereocenters. The van der Waals surface area contributed by atoms with Crippen molar-refractivity contribution in [1.29, 1.82) is 0 Å². The molecule has 0 aliphatic carbocycles. The molecule has 0 aliphatic heterocycles. The maximum atomic E-state index is 11.3. The number of nitrogens with zero attached hydrogens (tertiary/aromatic N) is 4. The highest BCUT2D eigenvalue weighted by molar-refractivity contribution is 7.09. The predicted octanol–water partition coefficient (Wildman–Crippen LogP) is 2.83. The lowest BCUT2D eigenvalue weighted by Crippen LogP contribution is -2.06. The minimum Gasteiger partial charge on any atom is -0.358 e. The molecule has 0 aromatic carbocycles. The SMILES string of the molecule is Cc1csc(CNc2c([N+](=O)[O-])c(C(C)C)nn2C)n1. The van der Waals surface area contributed by atoms with Crippen LogP contribution in [-0.4, -0.2) is 19.7 Å². The Morgan fingerprint density at radius 1 is 1.55 bits per heavy atom. The van der Waals surface area contributed by atoms with Gasteiger partial charge in [-0.15, -0.1) is 11.3 Å². The number of rotatable bonds is 5. The van der Waals surface area contributed by atoms with Crippen LogP contribution < -0.4 is 5.32 Å². The maximum absolute atomic E-state index is 11.3. The fraction of sp³-hybridized carbons (Fsp3) is 0.500. The van der Waals surface area contributed by atoms with Gasteiger partial charge in [0.15, 0.2) is 0 Å². The van der Waals surface area contributed by atoms with Crippen molar-refractivity contribution in [2.45, 2.75) is 33.2 Å². The van der Waals surface area contributed by atoms with E-state index < -0.39 is 0 Å². The molecule has 1 N–H and O–H groups in total. The molecule has 108 valence electrons. The van der Waals surface area contributed by atoms with E-state index in [1.807, 2.05) is 26.2 Å². The third-order valence-corrected chi connectivity index (χ3v) is 3.82. The number of aromatic nitrogens is 3. The van der Waals surface area contributed by atoms with Gasteiger partial charge in [0, 0.05) is 24.0 Å². The van der Waals surface area contributed by atoms with Crippen LogP contribution in [0.3, 0.4) is 0 Å². The molecule has 2 aromatic heterocycles. The highest BCUT2D eigenvalue weighted by Gasteiger charge is 2.28. The van der Waals surface area contributed by atoms with Crippen LogP contribution in [0, 0.1) is 17.0 Å². The van der Waals surface area contributed by atoms with E-state index in [9.17, 15) is 10.1 Å². The molecule has 0 amide bonds. The molecule has 0 fully saturated rings. The molecule has 2 rings (SSSR count). The molecule has 0 saturated heterocycles. The number of aryl methyl sites for hydroxylation is 2. The smallest absolute Gasteiger partial charge is 0.334 e. The van der Waals surface area contributed by atoms with Crippen LogP contribution in [0.1, 0.15) is 36.2 Å². The monoisotopic (exact) mass is 295 g/mol. The minimum atomic E-state index is -0.377. The van der Waals surface area contributed by atoms with Gasteiger partial charge in [0.2, 0.25) is 5.82 Å². The van der Waals surface area contributed by atoms with Crippen molar-refractivity contribution in [3.8, 4) is 0 Å². The van der Waals surface area contributed by atoms with Crippen molar-refractivity contribution in [1.82, 2.24) is 14.8 Å². The quantitative estimate of drug-likeness (QED) is 0.677. The second-order valence-electron chi connectivity index (χ2n) is 4.85. The number of anilines is 1. The average molecular weight is 295 g/mol. The summed E-state index contributed by atoms with van der Waals surface area (Å²) in [4.78, 5) is 15.2. The highest BCUT2D eigenvalue weighted by atomic mass is 32.1. The lowest BCUT2D eigenvalue weighted by atomic mass is 10.1. The van der Waals surface area contributed by atoms with Crippen molar-refractivity contribution in [2.75, 3.05) is 5.32 Å². The van der Waals surface area contributed by atoms with E-state index in [0.29, 0.717) is 18.1 Å². The Labute approximate surface area is 120 Å². The Morgan fingerprint density at radius 2 is 2.25 bits per heavy atom. The van der Waals surface area contributed by atoms with Crippen LogP contribution >= 0.6 is 11.3 Å². The molecule has 8 heteroatoms. The van der Waals surface area contributed by atoms with Crippen molar-refractivity contribution < 1.29 is 4.92 Å². The van der Waals surface area contributed by atoms with Crippen molar-refractivity contribution in [2.24, 2.45) is 7.05 Å². The zero-order valence-corrected chi connectivity index (χ0v) is 12.7. The van der Waals surface area contributed by atoms with E-state index in [-0.39, 0.29) is 16.5 Å². The van der Waals surface area contributed by atoms with Gasteiger partial charge < -0.3 is 5.32 Å². The van der Waals surface area contributed by atoms with Crippen LogP contribution in [0.15, 0.2) is 5.38 Å². The van der Waals surface area contributed by atoms with E-state index in [1.54, 1.807) is 7.05 Å². The van der Waals surface area contributed by atoms with E-state index in [0.717, 1.165) is 10.7 Å². The third-order valence-electron chi connectivity index (χ3n) is 2.85. The minimum absolute atomic E-state index is 0.000688. The first-order chi connectivity index (χ1) is 9.40. The molecule has 0 saturated carbocycles. The van der Waals surface area contributed by atoms with Crippen molar-refractivity contribution in [3.05, 3.63) is 31.9 Å². The largest absolute Gasteiger partial charge is 0.358 e. The molecule has 7 nitrogen and oxygen atoms in total. The van der Waals surface area contributed by atoms with E-state index in [2.05, 4.69) is 15.4 Å². The predicted molar refractivity (Wildman–Crippen MR) is 78.1 cm³/mol. The van der Waals surface area contributed by atoms with Crippen LogP contribution in [0.25, 0.3) is 0 Å². The van der Waals surface area contributed by atoms with Gasteiger partial charge in [-0.25, -0.2) is 9.67 Å². The Balaban J connectivity index is 2.28. The summed E-state index contributed by atoms with van der Waals surface area (Å²) in [5.41, 5.74) is 1.50. The average Bonchev–Trinajstić information content (AvgIpc) is 2.90. The first kappa shape index (κ1) is 14.4. The maximum Gasteiger partial charge on any atom is 0.334 e. The molecule has 0 radical (unpaired) electrons. The third kappa shape index (κ3) is 2.79. The van der Waals surface area contributed by atoms with Gasteiger partial charge >= 0.3 is 5.69 Å². The van der Waals surface area contributed by atoms with Gasteiger partial charge in [-0.3, -0.25) is 10.1 Å². The molecular weight excluding hydrogens is 278 g/mol. The zero-order chi connectivity index (χ0) is 14.9. The second kappa shape index (κ2) is 5.58. The molecule has 0 spiro atoms. The van der Waals surface area contributed by atoms with Crippen LogP contribution in [0.4, 0.5) is 11.5 Å². The number of nitro groups is 1. The molecule has 0 bridgehead atoms. The van der Waals surface area contributed by atoms with Gasteiger partial charge in [0.25, 0.3) is 0 Å². The van der Waals surface area contributed by atoms with Gasteiger partial charge in [0.05, 0.1) is 11.5 Å². The Hall–Kier alpha value is -1.96. The van der Waals surface area contributed by atoms with Gasteiger partial charge in [-0.05, 0) is 6.92 Å². The molecule has 2 heterocycles. The molecule has 20 heavy (non-hydrogen) atoms. The summed E-state index contributed by atoms with van der Waals surface area (Å²) in [5, 5.41) is 21.4. The summed E-state index contributed by atoms with van der Waals surface area (Å²) in [7, 11) is 1.70. The van der Waals surface area contributed by atoms with Crippen LogP contribution in [0.2, 0.25) is 0 Å². The highest BCUT2D eigenvalue weighted by Crippen LogP contribution is 2.33. The second-order valence-corrected chi connectivity index (χ2v) is 5.80. The molecule has 0 unspecified atom stereocenters. The van der Waals surface area contributed by atoms with E-state index in [1.165, 1.54) is 16.0 Å². The van der Waals surface area contributed by atoms with Crippen molar-refractivity contribution in [3.63, 3.8) is 0 Å². The normalized spacial score (nSPS) is 11.1. The fourth-order valence-corrected chi connectivity index (χ4v) is 2.66. The topological polar surface area (TPSA) is 85.9 Å². The fourth-order valence-electron chi connectivity index (χ4n) is 1.94. The number of hydrogen-bond acceptors (Lipinski definition) is 6. The summed E-state index contributed by atoms with van der Waals surface area (Å²) in [5.74, 6) is 0.422. The van der Waals surface area contributed by atoms with E-state index >= 15 is 0 Å². The Kier molecular flexibility index (Phi) is 4.03. The first-order valence-electron chi connectivity index (χ1n) is 6.26. The number of thiazole rings is 1.